The van der Waals surface area contributed by atoms with Gasteiger partial charge in [-0.25, -0.2) is 0 Å². The first-order valence-electron chi connectivity index (χ1n) is 5.78. The van der Waals surface area contributed by atoms with Crippen molar-refractivity contribution < 1.29 is 4.42 Å². The van der Waals surface area contributed by atoms with E-state index in [1.54, 1.807) is 0 Å². The minimum Gasteiger partial charge on any atom is -0.456 e. The minimum atomic E-state index is 0.677. The minimum absolute atomic E-state index is 0.677. The molecule has 0 unspecified atom stereocenters. The van der Waals surface area contributed by atoms with Crippen LogP contribution in [-0.2, 0) is 0 Å². The second-order valence-electron chi connectivity index (χ2n) is 4.26. The molecule has 1 aromatic heterocycles. The average molecular weight is 233 g/mol. The molecule has 2 aromatic carbocycles. The molecule has 3 aromatic rings. The number of fused-ring (bicyclic) bond motifs is 1. The van der Waals surface area contributed by atoms with Crippen LogP contribution >= 0.6 is 0 Å². The fourth-order valence-corrected chi connectivity index (χ4v) is 2.14. The van der Waals surface area contributed by atoms with E-state index in [0.717, 1.165) is 27.9 Å². The summed E-state index contributed by atoms with van der Waals surface area (Å²) in [4.78, 5) is 0. The van der Waals surface area contributed by atoms with Crippen LogP contribution in [0.1, 0.15) is 11.1 Å². The van der Waals surface area contributed by atoms with Crippen LogP contribution in [0.3, 0.4) is 0 Å². The maximum atomic E-state index is 9.24. The summed E-state index contributed by atoms with van der Waals surface area (Å²) in [5.74, 6) is 0.747. The van der Waals surface area contributed by atoms with Crippen molar-refractivity contribution in [2.24, 2.45) is 0 Å². The normalized spacial score (nSPS) is 10.4. The predicted molar refractivity (Wildman–Crippen MR) is 71.1 cm³/mol. The SMILES string of the molecule is Cc1cccc(-c2cc3ccccc3o2)c1C#N. The third-order valence-electron chi connectivity index (χ3n) is 3.08. The van der Waals surface area contributed by atoms with Crippen molar-refractivity contribution in [3.63, 3.8) is 0 Å². The van der Waals surface area contributed by atoms with Crippen molar-refractivity contribution in [2.75, 3.05) is 0 Å². The van der Waals surface area contributed by atoms with Gasteiger partial charge in [-0.05, 0) is 30.7 Å². The topological polar surface area (TPSA) is 36.9 Å². The molecule has 1 heterocycles. The summed E-state index contributed by atoms with van der Waals surface area (Å²) in [6.07, 6.45) is 0. The highest BCUT2D eigenvalue weighted by Crippen LogP contribution is 2.30. The lowest BCUT2D eigenvalue weighted by Crippen LogP contribution is -1.86. The number of hydrogen-bond donors (Lipinski definition) is 0. The van der Waals surface area contributed by atoms with Crippen LogP contribution < -0.4 is 0 Å². The highest BCUT2D eigenvalue weighted by atomic mass is 16.3. The maximum Gasteiger partial charge on any atom is 0.136 e. The van der Waals surface area contributed by atoms with Crippen LogP contribution in [0.2, 0.25) is 0 Å². The fourth-order valence-electron chi connectivity index (χ4n) is 2.14. The van der Waals surface area contributed by atoms with Gasteiger partial charge in [0.1, 0.15) is 17.4 Å². The summed E-state index contributed by atoms with van der Waals surface area (Å²) in [5, 5.41) is 10.3. The Labute approximate surface area is 105 Å². The summed E-state index contributed by atoms with van der Waals surface area (Å²) in [5.41, 5.74) is 3.35. The van der Waals surface area contributed by atoms with Gasteiger partial charge < -0.3 is 4.42 Å². The van der Waals surface area contributed by atoms with Crippen LogP contribution in [-0.4, -0.2) is 0 Å². The quantitative estimate of drug-likeness (QED) is 0.629. The van der Waals surface area contributed by atoms with E-state index in [1.807, 2.05) is 55.5 Å². The van der Waals surface area contributed by atoms with Gasteiger partial charge in [0, 0.05) is 10.9 Å². The van der Waals surface area contributed by atoms with E-state index in [-0.39, 0.29) is 0 Å². The summed E-state index contributed by atoms with van der Waals surface area (Å²) < 4.78 is 5.80. The first kappa shape index (κ1) is 10.6. The molecule has 0 aliphatic rings. The van der Waals surface area contributed by atoms with Crippen molar-refractivity contribution in [1.29, 1.82) is 5.26 Å². The monoisotopic (exact) mass is 233 g/mol. The molecule has 0 spiro atoms. The van der Waals surface area contributed by atoms with E-state index in [9.17, 15) is 5.26 Å². The Balaban J connectivity index is 2.27. The maximum absolute atomic E-state index is 9.24. The first-order valence-corrected chi connectivity index (χ1v) is 5.78. The van der Waals surface area contributed by atoms with Gasteiger partial charge in [-0.2, -0.15) is 5.26 Å². The van der Waals surface area contributed by atoms with Crippen LogP contribution in [0.25, 0.3) is 22.3 Å². The highest BCUT2D eigenvalue weighted by molar-refractivity contribution is 5.84. The van der Waals surface area contributed by atoms with E-state index in [2.05, 4.69) is 6.07 Å². The Morgan fingerprint density at radius 2 is 1.89 bits per heavy atom. The number of furan rings is 1. The van der Waals surface area contributed by atoms with Crippen LogP contribution in [0.4, 0.5) is 0 Å². The Kier molecular flexibility index (Phi) is 2.39. The molecule has 0 radical (unpaired) electrons. The second kappa shape index (κ2) is 4.05. The number of para-hydroxylation sites is 1. The molecular formula is C16H11NO. The molecule has 0 amide bonds. The molecule has 0 fully saturated rings. The van der Waals surface area contributed by atoms with E-state index in [0.29, 0.717) is 5.56 Å². The van der Waals surface area contributed by atoms with E-state index in [1.165, 1.54) is 0 Å². The molecule has 0 N–H and O–H groups in total. The van der Waals surface area contributed by atoms with Gasteiger partial charge >= 0.3 is 0 Å². The molecule has 2 nitrogen and oxygen atoms in total. The summed E-state index contributed by atoms with van der Waals surface area (Å²) >= 11 is 0. The van der Waals surface area contributed by atoms with Crippen molar-refractivity contribution >= 4 is 11.0 Å². The molecule has 0 saturated heterocycles. The number of hydrogen-bond acceptors (Lipinski definition) is 2. The van der Waals surface area contributed by atoms with E-state index < -0.39 is 0 Å². The first-order chi connectivity index (χ1) is 8.79. The van der Waals surface area contributed by atoms with Gasteiger partial charge in [0.15, 0.2) is 0 Å². The van der Waals surface area contributed by atoms with Crippen molar-refractivity contribution in [1.82, 2.24) is 0 Å². The molecule has 0 atom stereocenters. The number of nitrogens with zero attached hydrogens (tertiary/aromatic N) is 1. The molecule has 0 aliphatic heterocycles. The third kappa shape index (κ3) is 1.57. The highest BCUT2D eigenvalue weighted by Gasteiger charge is 2.11. The van der Waals surface area contributed by atoms with E-state index in [4.69, 9.17) is 4.42 Å². The molecule has 18 heavy (non-hydrogen) atoms. The van der Waals surface area contributed by atoms with Gasteiger partial charge in [-0.3, -0.25) is 0 Å². The molecule has 0 saturated carbocycles. The summed E-state index contributed by atoms with van der Waals surface area (Å²) in [7, 11) is 0. The molecule has 2 heteroatoms. The lowest BCUT2D eigenvalue weighted by molar-refractivity contribution is 0.631. The second-order valence-corrected chi connectivity index (χ2v) is 4.26. The van der Waals surface area contributed by atoms with Crippen molar-refractivity contribution in [3.05, 3.63) is 59.7 Å². The zero-order valence-electron chi connectivity index (χ0n) is 9.97. The Bertz CT molecular complexity index is 729. The van der Waals surface area contributed by atoms with Crippen LogP contribution in [0.5, 0.6) is 0 Å². The van der Waals surface area contributed by atoms with Gasteiger partial charge in [0.2, 0.25) is 0 Å². The fraction of sp³-hybridized carbons (Fsp3) is 0.0625. The number of benzene rings is 2. The number of rotatable bonds is 1. The van der Waals surface area contributed by atoms with Crippen LogP contribution in [0.15, 0.2) is 52.9 Å². The smallest absolute Gasteiger partial charge is 0.136 e. The zero-order chi connectivity index (χ0) is 12.5. The Morgan fingerprint density at radius 1 is 1.06 bits per heavy atom. The lowest BCUT2D eigenvalue weighted by Gasteiger charge is -2.02. The largest absolute Gasteiger partial charge is 0.456 e. The molecule has 3 rings (SSSR count). The molecule has 0 bridgehead atoms. The van der Waals surface area contributed by atoms with E-state index >= 15 is 0 Å². The van der Waals surface area contributed by atoms with Gasteiger partial charge in [-0.15, -0.1) is 0 Å². The number of aryl methyl sites for hydroxylation is 1. The van der Waals surface area contributed by atoms with Crippen LogP contribution in [0, 0.1) is 18.3 Å². The summed E-state index contributed by atoms with van der Waals surface area (Å²) in [6, 6.07) is 17.9. The molecule has 0 aliphatic carbocycles. The van der Waals surface area contributed by atoms with Gasteiger partial charge in [0.05, 0.1) is 5.56 Å². The summed E-state index contributed by atoms with van der Waals surface area (Å²) in [6.45, 7) is 1.94. The van der Waals surface area contributed by atoms with Crippen molar-refractivity contribution in [3.8, 4) is 17.4 Å². The molecular weight excluding hydrogens is 222 g/mol. The van der Waals surface area contributed by atoms with Crippen molar-refractivity contribution in [2.45, 2.75) is 6.92 Å². The lowest BCUT2D eigenvalue weighted by atomic mass is 10.0. The van der Waals surface area contributed by atoms with Gasteiger partial charge in [0.25, 0.3) is 0 Å². The predicted octanol–water partition coefficient (Wildman–Crippen LogP) is 4.28. The Morgan fingerprint density at radius 3 is 2.67 bits per heavy atom. The standard InChI is InChI=1S/C16H11NO/c1-11-5-4-7-13(14(11)10-17)16-9-12-6-2-3-8-15(12)18-16/h2-9H,1H3. The van der Waals surface area contributed by atoms with Gasteiger partial charge in [-0.1, -0.05) is 30.3 Å². The zero-order valence-corrected chi connectivity index (χ0v) is 9.97. The Hall–Kier alpha value is -2.53. The average Bonchev–Trinajstić information content (AvgIpc) is 2.82. The number of nitriles is 1. The molecule has 86 valence electrons. The third-order valence-corrected chi connectivity index (χ3v) is 3.08.